The molecule has 0 bridgehead atoms. The van der Waals surface area contributed by atoms with Crippen molar-refractivity contribution in [3.05, 3.63) is 58.6 Å². The van der Waals surface area contributed by atoms with E-state index in [1.54, 1.807) is 24.3 Å². The number of hydrogen-bond donors (Lipinski definition) is 3. The van der Waals surface area contributed by atoms with Crippen LogP contribution in [0.1, 0.15) is 12.7 Å². The highest BCUT2D eigenvalue weighted by Gasteiger charge is 2.17. The van der Waals surface area contributed by atoms with Crippen LogP contribution in [0, 0.1) is 0 Å². The van der Waals surface area contributed by atoms with E-state index in [9.17, 15) is 9.59 Å². The third kappa shape index (κ3) is 4.38. The molecule has 2 aromatic carbocycles. The summed E-state index contributed by atoms with van der Waals surface area (Å²) in [5.41, 5.74) is 1.15. The number of likely N-dealkylation sites (N-methyl/N-ethyl adjacent to an activating group) is 1. The maximum atomic E-state index is 12.5. The van der Waals surface area contributed by atoms with Crippen molar-refractivity contribution in [2.45, 2.75) is 13.5 Å². The van der Waals surface area contributed by atoms with E-state index < -0.39 is 0 Å². The fourth-order valence-corrected chi connectivity index (χ4v) is 3.32. The summed E-state index contributed by atoms with van der Waals surface area (Å²) in [5, 5.41) is 3.46. The molecule has 1 aliphatic heterocycles. The topological polar surface area (TPSA) is 97.8 Å². The number of anilines is 1. The van der Waals surface area contributed by atoms with Crippen molar-refractivity contribution in [2.24, 2.45) is 0 Å². The zero-order valence-corrected chi connectivity index (χ0v) is 16.2. The number of nitrogens with zero attached hydrogens (tertiary/aromatic N) is 1. The number of carbonyl (C=O) groups is 1. The molecular formula is C21H23N4O4+. The molecule has 8 nitrogen and oxygen atoms in total. The summed E-state index contributed by atoms with van der Waals surface area (Å²) in [4.78, 5) is 33.1. The number of hydrogen-bond acceptors (Lipinski definition) is 5. The van der Waals surface area contributed by atoms with Crippen molar-refractivity contribution in [2.75, 3.05) is 31.6 Å². The molecule has 1 unspecified atom stereocenters. The van der Waals surface area contributed by atoms with E-state index in [0.717, 1.165) is 4.90 Å². The van der Waals surface area contributed by atoms with Gasteiger partial charge in [-0.1, -0.05) is 12.1 Å². The third-order valence-electron chi connectivity index (χ3n) is 4.82. The highest BCUT2D eigenvalue weighted by atomic mass is 16.6. The highest BCUT2D eigenvalue weighted by molar-refractivity contribution is 5.91. The van der Waals surface area contributed by atoms with Gasteiger partial charge in [0.15, 0.2) is 23.9 Å². The first-order valence-corrected chi connectivity index (χ1v) is 9.63. The van der Waals surface area contributed by atoms with Gasteiger partial charge in [0, 0.05) is 11.8 Å². The number of nitrogens with one attached hydrogen (secondary N) is 3. The molecule has 3 aromatic rings. The van der Waals surface area contributed by atoms with Crippen molar-refractivity contribution in [3.8, 4) is 11.5 Å². The summed E-state index contributed by atoms with van der Waals surface area (Å²) in [6.07, 6.45) is 0. The van der Waals surface area contributed by atoms with Gasteiger partial charge >= 0.3 is 0 Å². The van der Waals surface area contributed by atoms with E-state index in [0.29, 0.717) is 60.2 Å². The normalized spacial score (nSPS) is 13.8. The average Bonchev–Trinajstić information content (AvgIpc) is 2.73. The van der Waals surface area contributed by atoms with Crippen molar-refractivity contribution < 1.29 is 19.2 Å². The number of H-pyrrole nitrogens is 1. The number of para-hydroxylation sites is 1. The molecule has 0 radical (unpaired) electrons. The average molecular weight is 395 g/mol. The molecule has 0 fully saturated rings. The molecule has 0 spiro atoms. The Balaban J connectivity index is 1.42. The van der Waals surface area contributed by atoms with Crippen LogP contribution in [0.15, 0.2) is 47.3 Å². The van der Waals surface area contributed by atoms with Crippen LogP contribution in [0.2, 0.25) is 0 Å². The first-order chi connectivity index (χ1) is 14.1. The first kappa shape index (κ1) is 18.9. The zero-order chi connectivity index (χ0) is 20.2. The largest absolute Gasteiger partial charge is 0.486 e. The molecule has 1 aromatic heterocycles. The van der Waals surface area contributed by atoms with Crippen molar-refractivity contribution in [1.29, 1.82) is 0 Å². The Kier molecular flexibility index (Phi) is 5.44. The van der Waals surface area contributed by atoms with Crippen LogP contribution in [-0.4, -0.2) is 42.2 Å². The molecule has 1 amide bonds. The van der Waals surface area contributed by atoms with E-state index in [-0.39, 0.29) is 18.0 Å². The minimum Gasteiger partial charge on any atom is -0.486 e. The van der Waals surface area contributed by atoms with Gasteiger partial charge in [-0.05, 0) is 31.2 Å². The Bertz CT molecular complexity index is 1100. The number of quaternary nitrogens is 1. The van der Waals surface area contributed by atoms with Crippen LogP contribution in [0.5, 0.6) is 11.5 Å². The lowest BCUT2D eigenvalue weighted by Crippen LogP contribution is -3.11. The summed E-state index contributed by atoms with van der Waals surface area (Å²) in [6.45, 7) is 4.43. The Labute approximate surface area is 167 Å². The number of ether oxygens (including phenoxy) is 2. The van der Waals surface area contributed by atoms with Crippen molar-refractivity contribution in [3.63, 3.8) is 0 Å². The molecular weight excluding hydrogens is 372 g/mol. The number of amides is 1. The minimum atomic E-state index is -0.165. The molecule has 2 heterocycles. The van der Waals surface area contributed by atoms with E-state index in [1.807, 2.05) is 25.1 Å². The van der Waals surface area contributed by atoms with E-state index in [2.05, 4.69) is 15.3 Å². The predicted octanol–water partition coefficient (Wildman–Crippen LogP) is 0.738. The fraction of sp³-hybridized carbons (Fsp3) is 0.286. The van der Waals surface area contributed by atoms with Gasteiger partial charge in [-0.25, -0.2) is 4.98 Å². The summed E-state index contributed by atoms with van der Waals surface area (Å²) in [6, 6.07) is 12.6. The molecule has 0 aliphatic carbocycles. The summed E-state index contributed by atoms with van der Waals surface area (Å²) >= 11 is 0. The Morgan fingerprint density at radius 2 is 1.97 bits per heavy atom. The molecule has 0 saturated carbocycles. The van der Waals surface area contributed by atoms with Crippen LogP contribution >= 0.6 is 0 Å². The van der Waals surface area contributed by atoms with Gasteiger partial charge in [-0.15, -0.1) is 0 Å². The lowest BCUT2D eigenvalue weighted by Gasteiger charge is -2.20. The number of benzene rings is 2. The van der Waals surface area contributed by atoms with E-state index in [1.165, 1.54) is 0 Å². The molecule has 29 heavy (non-hydrogen) atoms. The number of rotatable bonds is 6. The summed E-state index contributed by atoms with van der Waals surface area (Å²) < 4.78 is 11.0. The van der Waals surface area contributed by atoms with Crippen molar-refractivity contribution >= 4 is 22.5 Å². The van der Waals surface area contributed by atoms with Crippen LogP contribution in [-0.2, 0) is 11.3 Å². The lowest BCUT2D eigenvalue weighted by atomic mass is 10.2. The highest BCUT2D eigenvalue weighted by Crippen LogP contribution is 2.32. The van der Waals surface area contributed by atoms with Gasteiger partial charge in [-0.3, -0.25) is 9.59 Å². The minimum absolute atomic E-state index is 0.123. The number of aromatic amines is 1. The third-order valence-corrected chi connectivity index (χ3v) is 4.82. The molecule has 1 atom stereocenters. The van der Waals surface area contributed by atoms with E-state index >= 15 is 0 Å². The second-order valence-electron chi connectivity index (χ2n) is 6.89. The number of carbonyl (C=O) groups excluding carboxylic acids is 1. The second-order valence-corrected chi connectivity index (χ2v) is 6.89. The smallest absolute Gasteiger partial charge is 0.279 e. The Morgan fingerprint density at radius 3 is 2.79 bits per heavy atom. The molecule has 150 valence electrons. The van der Waals surface area contributed by atoms with Crippen LogP contribution in [0.4, 0.5) is 5.69 Å². The molecule has 4 rings (SSSR count). The monoisotopic (exact) mass is 395 g/mol. The molecule has 3 N–H and O–H groups in total. The van der Waals surface area contributed by atoms with Crippen LogP contribution < -0.4 is 25.2 Å². The van der Waals surface area contributed by atoms with E-state index in [4.69, 9.17) is 9.47 Å². The number of aromatic nitrogens is 2. The van der Waals surface area contributed by atoms with Crippen LogP contribution in [0.3, 0.4) is 0 Å². The van der Waals surface area contributed by atoms with Gasteiger partial charge < -0.3 is 24.7 Å². The standard InChI is InChI=1S/C21H22N4O4/c1-2-25(12-19-23-16-6-4-3-5-15(16)21(27)24-19)13-20(26)22-14-7-8-17-18(11-14)29-10-9-28-17/h3-8,11H,2,9-10,12-13H2,1H3,(H,22,26)(H,23,24,27)/p+1. The van der Waals surface area contributed by atoms with Gasteiger partial charge in [-0.2, -0.15) is 0 Å². The molecule has 8 heteroatoms. The summed E-state index contributed by atoms with van der Waals surface area (Å²) in [5.74, 6) is 1.76. The maximum Gasteiger partial charge on any atom is 0.279 e. The van der Waals surface area contributed by atoms with Gasteiger partial charge in [0.1, 0.15) is 19.8 Å². The fourth-order valence-electron chi connectivity index (χ4n) is 3.32. The van der Waals surface area contributed by atoms with Gasteiger partial charge in [0.25, 0.3) is 11.5 Å². The SMILES string of the molecule is CC[NH+](CC(=O)Nc1ccc2c(c1)OCCO2)Cc1nc2ccccc2c(=O)[nH]1. The Morgan fingerprint density at radius 1 is 1.17 bits per heavy atom. The summed E-state index contributed by atoms with van der Waals surface area (Å²) in [7, 11) is 0. The lowest BCUT2D eigenvalue weighted by molar-refractivity contribution is -0.904. The van der Waals surface area contributed by atoms with Gasteiger partial charge in [0.2, 0.25) is 0 Å². The van der Waals surface area contributed by atoms with Crippen LogP contribution in [0.25, 0.3) is 10.9 Å². The maximum absolute atomic E-state index is 12.5. The second kappa shape index (κ2) is 8.32. The zero-order valence-electron chi connectivity index (χ0n) is 16.2. The predicted molar refractivity (Wildman–Crippen MR) is 109 cm³/mol. The van der Waals surface area contributed by atoms with Crippen molar-refractivity contribution in [1.82, 2.24) is 9.97 Å². The number of fused-ring (bicyclic) bond motifs is 2. The van der Waals surface area contributed by atoms with Gasteiger partial charge in [0.05, 0.1) is 17.4 Å². The quantitative estimate of drug-likeness (QED) is 0.572. The molecule has 1 aliphatic rings. The molecule has 0 saturated heterocycles. The Hall–Kier alpha value is -3.39. The first-order valence-electron chi connectivity index (χ1n) is 9.63.